The van der Waals surface area contributed by atoms with Crippen LogP contribution in [-0.4, -0.2) is 23.4 Å². The number of hydrogen-bond donors (Lipinski definition) is 3. The first-order valence-corrected chi connectivity index (χ1v) is 3.39. The van der Waals surface area contributed by atoms with Crippen LogP contribution in [0.5, 0.6) is 0 Å². The van der Waals surface area contributed by atoms with Crippen LogP contribution < -0.4 is 5.73 Å². The Balaban J connectivity index is 0. The van der Waals surface area contributed by atoms with Gasteiger partial charge in [-0.1, -0.05) is 6.58 Å². The van der Waals surface area contributed by atoms with E-state index in [1.165, 1.54) is 6.92 Å². The lowest BCUT2D eigenvalue weighted by Crippen LogP contribution is -1.97. The van der Waals surface area contributed by atoms with Crippen LogP contribution in [0.25, 0.3) is 0 Å². The van der Waals surface area contributed by atoms with Crippen LogP contribution in [-0.2, 0) is 4.79 Å². The monoisotopic (exact) mass is 163 g/mol. The molecule has 0 aromatic heterocycles. The van der Waals surface area contributed by atoms with Gasteiger partial charge in [0.25, 0.3) is 0 Å². The number of thiol groups is 1. The zero-order valence-electron chi connectivity index (χ0n) is 6.00. The molecule has 0 heterocycles. The molecule has 0 radical (unpaired) electrons. The molecule has 3 N–H and O–H groups in total. The van der Waals surface area contributed by atoms with Crippen LogP contribution in [0.4, 0.5) is 0 Å². The zero-order valence-corrected chi connectivity index (χ0v) is 6.90. The Morgan fingerprint density at radius 3 is 2.00 bits per heavy atom. The van der Waals surface area contributed by atoms with Crippen LogP contribution in [0.15, 0.2) is 12.2 Å². The van der Waals surface area contributed by atoms with E-state index in [9.17, 15) is 4.79 Å². The molecule has 0 rings (SSSR count). The second kappa shape index (κ2) is 8.52. The van der Waals surface area contributed by atoms with Gasteiger partial charge >= 0.3 is 5.97 Å². The molecule has 0 amide bonds. The van der Waals surface area contributed by atoms with E-state index < -0.39 is 5.97 Å². The maximum atomic E-state index is 9.60. The van der Waals surface area contributed by atoms with Crippen molar-refractivity contribution < 1.29 is 9.90 Å². The molecule has 10 heavy (non-hydrogen) atoms. The molecule has 3 nitrogen and oxygen atoms in total. The average molecular weight is 163 g/mol. The second-order valence-electron chi connectivity index (χ2n) is 1.60. The van der Waals surface area contributed by atoms with Crippen LogP contribution in [0.1, 0.15) is 6.92 Å². The lowest BCUT2D eigenvalue weighted by atomic mass is 10.4. The maximum Gasteiger partial charge on any atom is 0.330 e. The predicted molar refractivity (Wildman–Crippen MR) is 45.4 cm³/mol. The Morgan fingerprint density at radius 1 is 1.80 bits per heavy atom. The minimum atomic E-state index is -0.935. The molecule has 0 saturated carbocycles. The smallest absolute Gasteiger partial charge is 0.330 e. The van der Waals surface area contributed by atoms with Gasteiger partial charge in [0.1, 0.15) is 0 Å². The summed E-state index contributed by atoms with van der Waals surface area (Å²) >= 11 is 3.80. The quantitative estimate of drug-likeness (QED) is 0.411. The fraction of sp³-hybridized carbons (Fsp3) is 0.500. The molecule has 0 atom stereocenters. The minimum absolute atomic E-state index is 0.176. The zero-order chi connectivity index (χ0) is 8.57. The van der Waals surface area contributed by atoms with Crippen molar-refractivity contribution >= 4 is 18.6 Å². The number of hydrogen-bond acceptors (Lipinski definition) is 3. The van der Waals surface area contributed by atoms with Crippen molar-refractivity contribution in [3.8, 4) is 0 Å². The summed E-state index contributed by atoms with van der Waals surface area (Å²) in [6.45, 7) is 5.29. The molecule has 0 aliphatic carbocycles. The fourth-order valence-electron chi connectivity index (χ4n) is 0. The Morgan fingerprint density at radius 2 is 2.00 bits per heavy atom. The summed E-state index contributed by atoms with van der Waals surface area (Å²) in [6.07, 6.45) is 0. The average Bonchev–Trinajstić information content (AvgIpc) is 1.89. The molecule has 0 unspecified atom stereocenters. The first kappa shape index (κ1) is 12.2. The Labute approximate surface area is 66.3 Å². The number of rotatable bonds is 2. The third kappa shape index (κ3) is 15.6. The topological polar surface area (TPSA) is 63.3 Å². The van der Waals surface area contributed by atoms with Gasteiger partial charge in [-0.05, 0) is 6.92 Å². The number of carboxylic acids is 1. The summed E-state index contributed by atoms with van der Waals surface area (Å²) in [5, 5.41) is 7.89. The Hall–Kier alpha value is -0.480. The van der Waals surface area contributed by atoms with Crippen molar-refractivity contribution in [2.75, 3.05) is 12.3 Å². The summed E-state index contributed by atoms with van der Waals surface area (Å²) in [5.41, 5.74) is 5.13. The highest BCUT2D eigenvalue weighted by Gasteiger charge is 1.90. The van der Waals surface area contributed by atoms with Gasteiger partial charge in [-0.15, -0.1) is 0 Å². The van der Waals surface area contributed by atoms with Crippen molar-refractivity contribution in [2.45, 2.75) is 6.92 Å². The van der Waals surface area contributed by atoms with Gasteiger partial charge in [0.2, 0.25) is 0 Å². The molecule has 0 aliphatic heterocycles. The highest BCUT2D eigenvalue weighted by atomic mass is 32.1. The van der Waals surface area contributed by atoms with Crippen molar-refractivity contribution in [3.05, 3.63) is 12.2 Å². The number of aliphatic carboxylic acids is 1. The van der Waals surface area contributed by atoms with Gasteiger partial charge in [0.15, 0.2) is 0 Å². The van der Waals surface area contributed by atoms with Crippen molar-refractivity contribution in [3.63, 3.8) is 0 Å². The first-order valence-electron chi connectivity index (χ1n) is 2.76. The van der Waals surface area contributed by atoms with Gasteiger partial charge in [0, 0.05) is 17.9 Å². The van der Waals surface area contributed by atoms with E-state index in [0.29, 0.717) is 6.54 Å². The fourth-order valence-corrected chi connectivity index (χ4v) is 0. The van der Waals surface area contributed by atoms with Gasteiger partial charge < -0.3 is 10.8 Å². The molecular weight excluding hydrogens is 150 g/mol. The molecule has 0 saturated heterocycles. The van der Waals surface area contributed by atoms with Crippen LogP contribution in [0, 0.1) is 0 Å². The molecule has 60 valence electrons. The summed E-state index contributed by atoms with van der Waals surface area (Å²) in [4.78, 5) is 9.60. The van der Waals surface area contributed by atoms with Crippen molar-refractivity contribution in [1.82, 2.24) is 0 Å². The van der Waals surface area contributed by atoms with Gasteiger partial charge in [-0.3, -0.25) is 0 Å². The third-order valence-electron chi connectivity index (χ3n) is 0.494. The van der Waals surface area contributed by atoms with Crippen LogP contribution in [0.3, 0.4) is 0 Å². The van der Waals surface area contributed by atoms with Crippen molar-refractivity contribution in [1.29, 1.82) is 0 Å². The van der Waals surface area contributed by atoms with E-state index in [1.54, 1.807) is 0 Å². The standard InChI is InChI=1S/C4H6O2.C2H7NS/c1-3(2)4(5)6;3-1-2-4/h1H2,2H3,(H,5,6);4H,1-3H2. The second-order valence-corrected chi connectivity index (χ2v) is 2.04. The molecular formula is C6H13NO2S. The lowest BCUT2D eigenvalue weighted by molar-refractivity contribution is -0.132. The van der Waals surface area contributed by atoms with Gasteiger partial charge in [-0.2, -0.15) is 12.6 Å². The summed E-state index contributed by atoms with van der Waals surface area (Å²) < 4.78 is 0. The summed E-state index contributed by atoms with van der Waals surface area (Å²) in [5.74, 6) is -0.144. The normalized spacial score (nSPS) is 7.50. The summed E-state index contributed by atoms with van der Waals surface area (Å²) in [6, 6.07) is 0. The SMILES string of the molecule is C=C(C)C(=O)O.NCCS. The van der Waals surface area contributed by atoms with E-state index in [0.717, 1.165) is 5.75 Å². The molecule has 0 fully saturated rings. The van der Waals surface area contributed by atoms with Gasteiger partial charge in [0.05, 0.1) is 0 Å². The molecule has 0 aliphatic rings. The van der Waals surface area contributed by atoms with Crippen LogP contribution >= 0.6 is 12.6 Å². The van der Waals surface area contributed by atoms with Gasteiger partial charge in [-0.25, -0.2) is 4.79 Å². The van der Waals surface area contributed by atoms with E-state index in [4.69, 9.17) is 10.8 Å². The largest absolute Gasteiger partial charge is 0.478 e. The Kier molecular flexibility index (Phi) is 10.4. The van der Waals surface area contributed by atoms with Crippen LogP contribution in [0.2, 0.25) is 0 Å². The molecule has 0 bridgehead atoms. The van der Waals surface area contributed by atoms with Crippen molar-refractivity contribution in [2.24, 2.45) is 5.73 Å². The number of nitrogens with two attached hydrogens (primary N) is 1. The predicted octanol–water partition coefficient (Wildman–Crippen LogP) is 0.522. The van der Waals surface area contributed by atoms with E-state index in [2.05, 4.69) is 19.2 Å². The maximum absolute atomic E-state index is 9.60. The number of carboxylic acid groups (broad SMARTS) is 1. The molecule has 0 spiro atoms. The lowest BCUT2D eigenvalue weighted by Gasteiger charge is -1.79. The van der Waals surface area contributed by atoms with E-state index in [-0.39, 0.29) is 5.57 Å². The highest BCUT2D eigenvalue weighted by Crippen LogP contribution is 1.81. The van der Waals surface area contributed by atoms with E-state index in [1.807, 2.05) is 0 Å². The third-order valence-corrected chi connectivity index (χ3v) is 0.752. The minimum Gasteiger partial charge on any atom is -0.478 e. The summed E-state index contributed by atoms with van der Waals surface area (Å²) in [7, 11) is 0. The Bertz CT molecular complexity index is 100. The molecule has 0 aromatic carbocycles. The highest BCUT2D eigenvalue weighted by molar-refractivity contribution is 7.80. The number of carbonyl (C=O) groups is 1. The molecule has 4 heteroatoms. The first-order chi connectivity index (χ1) is 4.56. The molecule has 0 aromatic rings. The van der Waals surface area contributed by atoms with E-state index >= 15 is 0 Å².